The number of carbonyl (C=O) groups excluding carboxylic acids is 1. The molecule has 0 saturated heterocycles. The second-order valence-electron chi connectivity index (χ2n) is 11.3. The zero-order valence-corrected chi connectivity index (χ0v) is 24.6. The zero-order chi connectivity index (χ0) is 25.5. The highest BCUT2D eigenvalue weighted by Crippen LogP contribution is 2.15. The van der Waals surface area contributed by atoms with Crippen LogP contribution in [0.2, 0.25) is 0 Å². The van der Waals surface area contributed by atoms with Crippen molar-refractivity contribution in [2.24, 2.45) is 0 Å². The molecule has 0 spiro atoms. The summed E-state index contributed by atoms with van der Waals surface area (Å²) in [6.45, 7) is 4.01. The predicted octanol–water partition coefficient (Wildman–Crippen LogP) is 12.5. The molecule has 1 nitrogen and oxygen atoms in total. The highest BCUT2D eigenvalue weighted by atomic mass is 16.1. The molecule has 0 saturated carbocycles. The average molecular weight is 491 g/mol. The summed E-state index contributed by atoms with van der Waals surface area (Å²) in [7, 11) is 0. The van der Waals surface area contributed by atoms with E-state index in [1.165, 1.54) is 173 Å². The van der Waals surface area contributed by atoms with E-state index in [0.717, 1.165) is 12.8 Å². The maximum atomic E-state index is 10.9. The third-order valence-corrected chi connectivity index (χ3v) is 7.54. The van der Waals surface area contributed by atoms with Gasteiger partial charge in [-0.25, -0.2) is 0 Å². The molecule has 0 aromatic carbocycles. The Hall–Kier alpha value is -0.590. The summed E-state index contributed by atoms with van der Waals surface area (Å²) < 4.78 is 0. The third kappa shape index (κ3) is 33.4. The predicted molar refractivity (Wildman–Crippen MR) is 159 cm³/mol. The van der Waals surface area contributed by atoms with Gasteiger partial charge < -0.3 is 4.79 Å². The van der Waals surface area contributed by atoms with E-state index in [4.69, 9.17) is 0 Å². The molecular formula is C34H66O. The number of hydrogen-bond donors (Lipinski definition) is 0. The number of ketones is 1. The van der Waals surface area contributed by atoms with Gasteiger partial charge >= 0.3 is 0 Å². The smallest absolute Gasteiger partial charge is 0.129 e. The number of unbranched alkanes of at least 4 members (excludes halogenated alkanes) is 26. The molecule has 0 unspecified atom stereocenters. The van der Waals surface area contributed by atoms with Crippen molar-refractivity contribution in [2.45, 2.75) is 200 Å². The molecule has 0 aliphatic carbocycles. The van der Waals surface area contributed by atoms with Crippen molar-refractivity contribution in [1.82, 2.24) is 0 Å². The van der Waals surface area contributed by atoms with Crippen LogP contribution in [0.15, 0.2) is 12.2 Å². The Morgan fingerprint density at radius 3 is 0.943 bits per heavy atom. The van der Waals surface area contributed by atoms with Crippen LogP contribution in [0.1, 0.15) is 200 Å². The van der Waals surface area contributed by atoms with Gasteiger partial charge in [0.25, 0.3) is 0 Å². The van der Waals surface area contributed by atoms with Gasteiger partial charge in [-0.3, -0.25) is 0 Å². The lowest BCUT2D eigenvalue weighted by atomic mass is 10.0. The van der Waals surface area contributed by atoms with Crippen molar-refractivity contribution >= 4 is 5.78 Å². The van der Waals surface area contributed by atoms with Gasteiger partial charge in [-0.15, -0.1) is 0 Å². The van der Waals surface area contributed by atoms with E-state index in [1.54, 1.807) is 6.92 Å². The number of allylic oxidation sites excluding steroid dienone is 2. The largest absolute Gasteiger partial charge is 0.300 e. The monoisotopic (exact) mass is 491 g/mol. The quantitative estimate of drug-likeness (QED) is 0.0722. The van der Waals surface area contributed by atoms with E-state index in [-0.39, 0.29) is 0 Å². The fraction of sp³-hybridized carbons (Fsp3) is 0.912. The molecule has 0 bridgehead atoms. The minimum atomic E-state index is 0.349. The highest BCUT2D eigenvalue weighted by Gasteiger charge is 1.96. The Bertz CT molecular complexity index is 424. The molecule has 0 heterocycles. The Morgan fingerprint density at radius 2 is 0.657 bits per heavy atom. The first-order valence-electron chi connectivity index (χ1n) is 16.4. The molecule has 0 aromatic rings. The summed E-state index contributed by atoms with van der Waals surface area (Å²) in [5.74, 6) is 0.349. The van der Waals surface area contributed by atoms with Crippen LogP contribution in [-0.4, -0.2) is 5.78 Å². The first-order valence-corrected chi connectivity index (χ1v) is 16.4. The van der Waals surface area contributed by atoms with Gasteiger partial charge in [-0.05, 0) is 39.0 Å². The lowest BCUT2D eigenvalue weighted by Gasteiger charge is -2.03. The van der Waals surface area contributed by atoms with Crippen molar-refractivity contribution in [2.75, 3.05) is 0 Å². The molecule has 0 amide bonds. The molecule has 0 N–H and O–H groups in total. The fourth-order valence-electron chi connectivity index (χ4n) is 5.10. The van der Waals surface area contributed by atoms with Gasteiger partial charge in [0.15, 0.2) is 0 Å². The molecule has 0 aliphatic heterocycles. The Kier molecular flexibility index (Phi) is 30.9. The minimum Gasteiger partial charge on any atom is -0.300 e. The first-order chi connectivity index (χ1) is 17.3. The first kappa shape index (κ1) is 34.4. The number of Topliss-reactive ketones (excluding diaryl/α,β-unsaturated/α-hetero) is 1. The van der Waals surface area contributed by atoms with Gasteiger partial charge in [0, 0.05) is 6.42 Å². The number of carbonyl (C=O) groups is 1. The normalized spacial score (nSPS) is 11.6. The third-order valence-electron chi connectivity index (χ3n) is 7.54. The Morgan fingerprint density at radius 1 is 0.400 bits per heavy atom. The van der Waals surface area contributed by atoms with Crippen LogP contribution in [0.4, 0.5) is 0 Å². The number of rotatable bonds is 30. The SMILES string of the molecule is CCCCCCCCCCCCCC=CCCCCCCCCCCCCCCCCCC(C)=O. The highest BCUT2D eigenvalue weighted by molar-refractivity contribution is 5.75. The maximum Gasteiger partial charge on any atom is 0.129 e. The number of hydrogen-bond acceptors (Lipinski definition) is 1. The van der Waals surface area contributed by atoms with E-state index in [0.29, 0.717) is 5.78 Å². The van der Waals surface area contributed by atoms with Crippen LogP contribution >= 0.6 is 0 Å². The van der Waals surface area contributed by atoms with Gasteiger partial charge in [0.05, 0.1) is 0 Å². The second-order valence-corrected chi connectivity index (χ2v) is 11.3. The van der Waals surface area contributed by atoms with Crippen molar-refractivity contribution in [3.63, 3.8) is 0 Å². The van der Waals surface area contributed by atoms with Crippen LogP contribution in [0.25, 0.3) is 0 Å². The molecule has 1 heteroatoms. The maximum absolute atomic E-state index is 10.9. The Balaban J connectivity index is 3.08. The summed E-state index contributed by atoms with van der Waals surface area (Å²) in [4.78, 5) is 10.9. The van der Waals surface area contributed by atoms with Crippen molar-refractivity contribution in [3.8, 4) is 0 Å². The van der Waals surface area contributed by atoms with Gasteiger partial charge in [0.1, 0.15) is 5.78 Å². The lowest BCUT2D eigenvalue weighted by Crippen LogP contribution is -1.89. The van der Waals surface area contributed by atoms with Crippen LogP contribution in [0.3, 0.4) is 0 Å². The van der Waals surface area contributed by atoms with Crippen molar-refractivity contribution < 1.29 is 4.79 Å². The van der Waals surface area contributed by atoms with Gasteiger partial charge in [0.2, 0.25) is 0 Å². The minimum absolute atomic E-state index is 0.349. The average Bonchev–Trinajstić information content (AvgIpc) is 2.85. The summed E-state index contributed by atoms with van der Waals surface area (Å²) in [5.41, 5.74) is 0. The summed E-state index contributed by atoms with van der Waals surface area (Å²) in [5, 5.41) is 0. The molecule has 0 atom stereocenters. The molecule has 0 rings (SSSR count). The van der Waals surface area contributed by atoms with E-state index < -0.39 is 0 Å². The Labute approximate surface area is 222 Å². The molecule has 208 valence electrons. The summed E-state index contributed by atoms with van der Waals surface area (Å²) in [6.07, 6.45) is 44.9. The molecule has 0 aliphatic rings. The van der Waals surface area contributed by atoms with Crippen LogP contribution in [0, 0.1) is 0 Å². The van der Waals surface area contributed by atoms with Gasteiger partial charge in [-0.1, -0.05) is 167 Å². The summed E-state index contributed by atoms with van der Waals surface area (Å²) >= 11 is 0. The fourth-order valence-corrected chi connectivity index (χ4v) is 5.10. The van der Waals surface area contributed by atoms with Gasteiger partial charge in [-0.2, -0.15) is 0 Å². The summed E-state index contributed by atoms with van der Waals surface area (Å²) in [6, 6.07) is 0. The van der Waals surface area contributed by atoms with Crippen LogP contribution in [0.5, 0.6) is 0 Å². The van der Waals surface area contributed by atoms with E-state index in [1.807, 2.05) is 0 Å². The van der Waals surface area contributed by atoms with E-state index in [2.05, 4.69) is 19.1 Å². The molecule has 0 aromatic heterocycles. The molecule has 0 radical (unpaired) electrons. The van der Waals surface area contributed by atoms with Crippen molar-refractivity contribution in [1.29, 1.82) is 0 Å². The zero-order valence-electron chi connectivity index (χ0n) is 24.6. The molecule has 0 fully saturated rings. The topological polar surface area (TPSA) is 17.1 Å². The standard InChI is InChI=1S/C34H66O/c1-3-4-5-6-7-8-9-10-11-12-13-14-15-16-17-18-19-20-21-22-23-24-25-26-27-28-29-30-31-32-33-34(2)35/h15-16H,3-14,17-33H2,1-2H3. The molecule has 35 heavy (non-hydrogen) atoms. The van der Waals surface area contributed by atoms with E-state index in [9.17, 15) is 4.79 Å². The lowest BCUT2D eigenvalue weighted by molar-refractivity contribution is -0.117. The van der Waals surface area contributed by atoms with Crippen molar-refractivity contribution in [3.05, 3.63) is 12.2 Å². The van der Waals surface area contributed by atoms with Crippen LogP contribution in [-0.2, 0) is 4.79 Å². The van der Waals surface area contributed by atoms with E-state index >= 15 is 0 Å². The second kappa shape index (κ2) is 31.4. The van der Waals surface area contributed by atoms with Crippen LogP contribution < -0.4 is 0 Å². The molecular weight excluding hydrogens is 424 g/mol.